The van der Waals surface area contributed by atoms with Gasteiger partial charge < -0.3 is 10.2 Å². The predicted octanol–water partition coefficient (Wildman–Crippen LogP) is 4.35. The number of nitrogens with two attached hydrogens (primary N) is 1. The lowest BCUT2D eigenvalue weighted by Gasteiger charge is -2.04. The van der Waals surface area contributed by atoms with E-state index in [1.54, 1.807) is 16.6 Å². The van der Waals surface area contributed by atoms with E-state index in [1.165, 1.54) is 0 Å². The van der Waals surface area contributed by atoms with E-state index in [2.05, 4.69) is 5.10 Å². The molecule has 0 radical (unpaired) electrons. The summed E-state index contributed by atoms with van der Waals surface area (Å²) in [7, 11) is 0. The molecule has 0 amide bonds. The van der Waals surface area contributed by atoms with E-state index in [0.717, 1.165) is 29.1 Å². The molecule has 20 heavy (non-hydrogen) atoms. The number of benzene rings is 1. The van der Waals surface area contributed by atoms with Gasteiger partial charge >= 0.3 is 0 Å². The van der Waals surface area contributed by atoms with Crippen LogP contribution in [0.15, 0.2) is 22.6 Å². The SMILES string of the molecule is CCc1oc2c(N)c(C)nn2c1-c1ccc(Cl)cc1Cl. The number of fused-ring (bicyclic) bond motifs is 1. The average Bonchev–Trinajstić information content (AvgIpc) is 2.88. The van der Waals surface area contributed by atoms with E-state index in [9.17, 15) is 0 Å². The molecule has 104 valence electrons. The van der Waals surface area contributed by atoms with Gasteiger partial charge in [-0.25, -0.2) is 0 Å². The highest BCUT2D eigenvalue weighted by atomic mass is 35.5. The normalized spacial score (nSPS) is 11.4. The summed E-state index contributed by atoms with van der Waals surface area (Å²) in [6.07, 6.45) is 0.718. The molecule has 3 aromatic rings. The Kier molecular flexibility index (Phi) is 3.15. The van der Waals surface area contributed by atoms with Gasteiger partial charge in [-0.1, -0.05) is 30.1 Å². The Morgan fingerprint density at radius 2 is 2.10 bits per heavy atom. The third kappa shape index (κ3) is 1.87. The van der Waals surface area contributed by atoms with Crippen molar-refractivity contribution in [2.75, 3.05) is 5.73 Å². The van der Waals surface area contributed by atoms with Crippen molar-refractivity contribution in [1.29, 1.82) is 0 Å². The van der Waals surface area contributed by atoms with Crippen molar-refractivity contribution in [3.63, 3.8) is 0 Å². The zero-order chi connectivity index (χ0) is 14.4. The van der Waals surface area contributed by atoms with Gasteiger partial charge in [0, 0.05) is 17.0 Å². The van der Waals surface area contributed by atoms with Crippen molar-refractivity contribution >= 4 is 34.6 Å². The van der Waals surface area contributed by atoms with Crippen LogP contribution in [-0.4, -0.2) is 9.61 Å². The number of nitrogen functional groups attached to an aromatic ring is 1. The molecule has 2 aromatic heterocycles. The monoisotopic (exact) mass is 309 g/mol. The molecule has 3 rings (SSSR count). The molecule has 4 nitrogen and oxygen atoms in total. The second kappa shape index (κ2) is 4.72. The van der Waals surface area contributed by atoms with Gasteiger partial charge in [-0.3, -0.25) is 0 Å². The smallest absolute Gasteiger partial charge is 0.246 e. The minimum absolute atomic E-state index is 0.552. The zero-order valence-electron chi connectivity index (χ0n) is 11.1. The number of aromatic nitrogens is 2. The molecule has 0 aliphatic rings. The first-order valence-electron chi connectivity index (χ1n) is 6.24. The number of halogens is 2. The fraction of sp³-hybridized carbons (Fsp3) is 0.214. The summed E-state index contributed by atoms with van der Waals surface area (Å²) in [4.78, 5) is 0. The molecule has 0 saturated carbocycles. The van der Waals surface area contributed by atoms with E-state index in [-0.39, 0.29) is 0 Å². The predicted molar refractivity (Wildman–Crippen MR) is 81.4 cm³/mol. The molecule has 2 heterocycles. The molecule has 2 N–H and O–H groups in total. The molecule has 6 heteroatoms. The van der Waals surface area contributed by atoms with Gasteiger partial charge in [0.25, 0.3) is 0 Å². The van der Waals surface area contributed by atoms with Gasteiger partial charge in [-0.15, -0.1) is 0 Å². The lowest BCUT2D eigenvalue weighted by Crippen LogP contribution is -1.93. The standard InChI is InChI=1S/C14H13Cl2N3O/c1-3-11-13(9-5-4-8(15)6-10(9)16)19-14(20-11)12(17)7(2)18-19/h4-6H,3,17H2,1-2H3. The molecule has 0 unspecified atom stereocenters. The van der Waals surface area contributed by atoms with Crippen LogP contribution in [-0.2, 0) is 6.42 Å². The van der Waals surface area contributed by atoms with Crippen LogP contribution in [0.5, 0.6) is 0 Å². The lowest BCUT2D eigenvalue weighted by atomic mass is 10.1. The van der Waals surface area contributed by atoms with Gasteiger partial charge in [-0.2, -0.15) is 9.61 Å². The number of oxazole rings is 1. The molecular weight excluding hydrogens is 297 g/mol. The number of rotatable bonds is 2. The van der Waals surface area contributed by atoms with Crippen LogP contribution in [0.2, 0.25) is 10.0 Å². The van der Waals surface area contributed by atoms with Crippen molar-refractivity contribution in [2.45, 2.75) is 20.3 Å². The Bertz CT molecular complexity index is 804. The van der Waals surface area contributed by atoms with E-state index in [4.69, 9.17) is 33.4 Å². The maximum atomic E-state index is 6.30. The fourth-order valence-electron chi connectivity index (χ4n) is 2.24. The molecule has 0 spiro atoms. The summed E-state index contributed by atoms with van der Waals surface area (Å²) in [5.74, 6) is 0.795. The number of aryl methyl sites for hydroxylation is 2. The largest absolute Gasteiger partial charge is 0.439 e. The summed E-state index contributed by atoms with van der Waals surface area (Å²) in [6.45, 7) is 3.85. The van der Waals surface area contributed by atoms with Gasteiger partial charge in [0.1, 0.15) is 17.1 Å². The molecule has 0 aliphatic heterocycles. The van der Waals surface area contributed by atoms with Crippen LogP contribution >= 0.6 is 23.2 Å². The summed E-state index contributed by atoms with van der Waals surface area (Å²) in [6, 6.07) is 5.36. The third-order valence-corrected chi connectivity index (χ3v) is 3.81. The van der Waals surface area contributed by atoms with Crippen LogP contribution in [0.1, 0.15) is 18.4 Å². The summed E-state index contributed by atoms with van der Waals surface area (Å²) in [5, 5.41) is 5.57. The fourth-order valence-corrected chi connectivity index (χ4v) is 2.73. The molecule has 0 aliphatic carbocycles. The minimum Gasteiger partial charge on any atom is -0.439 e. The number of anilines is 1. The van der Waals surface area contributed by atoms with E-state index >= 15 is 0 Å². The summed E-state index contributed by atoms with van der Waals surface area (Å²) >= 11 is 12.2. The first-order valence-corrected chi connectivity index (χ1v) is 7.00. The second-order valence-electron chi connectivity index (χ2n) is 4.57. The zero-order valence-corrected chi connectivity index (χ0v) is 12.6. The molecule has 0 fully saturated rings. The maximum Gasteiger partial charge on any atom is 0.246 e. The van der Waals surface area contributed by atoms with Crippen molar-refractivity contribution in [2.24, 2.45) is 0 Å². The quantitative estimate of drug-likeness (QED) is 0.765. The Morgan fingerprint density at radius 1 is 1.35 bits per heavy atom. The van der Waals surface area contributed by atoms with Crippen molar-refractivity contribution in [3.05, 3.63) is 39.7 Å². The van der Waals surface area contributed by atoms with Gasteiger partial charge in [0.15, 0.2) is 0 Å². The minimum atomic E-state index is 0.552. The first kappa shape index (κ1) is 13.3. The first-order chi connectivity index (χ1) is 9.52. The van der Waals surface area contributed by atoms with E-state index in [0.29, 0.717) is 21.4 Å². The van der Waals surface area contributed by atoms with E-state index in [1.807, 2.05) is 19.9 Å². The Balaban J connectivity index is 2.36. The van der Waals surface area contributed by atoms with Crippen molar-refractivity contribution < 1.29 is 4.42 Å². The van der Waals surface area contributed by atoms with Crippen LogP contribution in [0.25, 0.3) is 17.0 Å². The highest BCUT2D eigenvalue weighted by molar-refractivity contribution is 6.36. The van der Waals surface area contributed by atoms with Crippen LogP contribution in [0.4, 0.5) is 5.69 Å². The highest BCUT2D eigenvalue weighted by Gasteiger charge is 2.21. The highest BCUT2D eigenvalue weighted by Crippen LogP contribution is 2.36. The topological polar surface area (TPSA) is 56.5 Å². The van der Waals surface area contributed by atoms with Crippen molar-refractivity contribution in [1.82, 2.24) is 9.61 Å². The Morgan fingerprint density at radius 3 is 2.75 bits per heavy atom. The van der Waals surface area contributed by atoms with Crippen LogP contribution < -0.4 is 5.73 Å². The molecule has 1 aromatic carbocycles. The second-order valence-corrected chi connectivity index (χ2v) is 5.41. The van der Waals surface area contributed by atoms with Gasteiger partial charge in [0.05, 0.1) is 10.7 Å². The molecule has 0 saturated heterocycles. The van der Waals surface area contributed by atoms with Crippen LogP contribution in [0.3, 0.4) is 0 Å². The Labute approximate surface area is 126 Å². The number of hydrogen-bond acceptors (Lipinski definition) is 3. The van der Waals surface area contributed by atoms with E-state index < -0.39 is 0 Å². The van der Waals surface area contributed by atoms with Crippen molar-refractivity contribution in [3.8, 4) is 11.3 Å². The average molecular weight is 310 g/mol. The van der Waals surface area contributed by atoms with Crippen LogP contribution in [0, 0.1) is 6.92 Å². The lowest BCUT2D eigenvalue weighted by molar-refractivity contribution is 0.554. The third-order valence-electron chi connectivity index (χ3n) is 3.27. The maximum absolute atomic E-state index is 6.30. The van der Waals surface area contributed by atoms with Gasteiger partial charge in [0.2, 0.25) is 5.71 Å². The van der Waals surface area contributed by atoms with Gasteiger partial charge in [-0.05, 0) is 25.1 Å². The summed E-state index contributed by atoms with van der Waals surface area (Å²) < 4.78 is 7.53. The summed E-state index contributed by atoms with van der Waals surface area (Å²) in [5.41, 5.74) is 9.48. The number of nitrogens with zero attached hydrogens (tertiary/aromatic N) is 2. The number of hydrogen-bond donors (Lipinski definition) is 1. The molecule has 0 atom stereocenters. The molecular formula is C14H13Cl2N3O. The Hall–Kier alpha value is -1.65. The molecule has 0 bridgehead atoms.